The Labute approximate surface area is 117 Å². The summed E-state index contributed by atoms with van der Waals surface area (Å²) in [6, 6.07) is 12.1. The monoisotopic (exact) mass is 272 g/mol. The van der Waals surface area contributed by atoms with E-state index in [1.807, 2.05) is 55.5 Å². The zero-order chi connectivity index (χ0) is 13.8. The highest BCUT2D eigenvalue weighted by atomic mass is 32.2. The molecule has 0 bridgehead atoms. The molecule has 19 heavy (non-hydrogen) atoms. The van der Waals surface area contributed by atoms with Crippen LogP contribution < -0.4 is 4.90 Å². The second kappa shape index (κ2) is 5.85. The topological polar surface area (TPSA) is 40.2 Å². The molecule has 0 radical (unpaired) electrons. The zero-order valence-electron chi connectivity index (χ0n) is 11.3. The predicted octanol–water partition coefficient (Wildman–Crippen LogP) is 3.82. The molecule has 1 aromatic heterocycles. The van der Waals surface area contributed by atoms with Gasteiger partial charge < -0.3 is 9.32 Å². The van der Waals surface area contributed by atoms with E-state index < -0.39 is 0 Å². The summed E-state index contributed by atoms with van der Waals surface area (Å²) in [7, 11) is 1.97. The molecule has 1 aromatic carbocycles. The maximum atomic E-state index is 9.34. The summed E-state index contributed by atoms with van der Waals surface area (Å²) in [5.41, 5.74) is 1.66. The van der Waals surface area contributed by atoms with Gasteiger partial charge in [-0.05, 0) is 37.4 Å². The van der Waals surface area contributed by atoms with E-state index in [2.05, 4.69) is 6.07 Å². The lowest BCUT2D eigenvalue weighted by Crippen LogP contribution is -2.17. The number of aryl methyl sites for hydroxylation is 1. The lowest BCUT2D eigenvalue weighted by Gasteiger charge is -2.20. The summed E-state index contributed by atoms with van der Waals surface area (Å²) in [5, 5.41) is 9.34. The highest BCUT2D eigenvalue weighted by Crippen LogP contribution is 2.29. The first-order chi connectivity index (χ1) is 9.15. The Morgan fingerprint density at radius 1 is 1.32 bits per heavy atom. The number of anilines is 1. The number of rotatable bonds is 4. The average molecular weight is 272 g/mol. The Balaban J connectivity index is 2.29. The highest BCUT2D eigenvalue weighted by molar-refractivity contribution is 7.98. The second-order valence-electron chi connectivity index (χ2n) is 4.33. The Bertz CT molecular complexity index is 613. The number of hydrogen-bond donors (Lipinski definition) is 0. The molecule has 0 unspecified atom stereocenters. The van der Waals surface area contributed by atoms with Crippen molar-refractivity contribution in [2.24, 2.45) is 0 Å². The summed E-state index contributed by atoms with van der Waals surface area (Å²) in [6.45, 7) is 2.58. The lowest BCUT2D eigenvalue weighted by atomic mass is 10.1. The van der Waals surface area contributed by atoms with E-state index in [1.54, 1.807) is 11.8 Å². The molecule has 0 amide bonds. The van der Waals surface area contributed by atoms with Gasteiger partial charge >= 0.3 is 0 Å². The first-order valence-corrected chi connectivity index (χ1v) is 7.21. The highest BCUT2D eigenvalue weighted by Gasteiger charge is 2.12. The average Bonchev–Trinajstić information content (AvgIpc) is 2.82. The van der Waals surface area contributed by atoms with Gasteiger partial charge in [0.05, 0.1) is 17.8 Å². The Morgan fingerprint density at radius 2 is 2.11 bits per heavy atom. The molecule has 0 fully saturated rings. The number of thioether (sulfide) groups is 1. The Kier molecular flexibility index (Phi) is 4.18. The van der Waals surface area contributed by atoms with E-state index in [0.29, 0.717) is 6.54 Å². The van der Waals surface area contributed by atoms with Gasteiger partial charge in [0, 0.05) is 11.9 Å². The van der Waals surface area contributed by atoms with Crippen LogP contribution in [-0.4, -0.2) is 13.3 Å². The third-order valence-electron chi connectivity index (χ3n) is 2.94. The molecule has 3 nitrogen and oxygen atoms in total. The van der Waals surface area contributed by atoms with Crippen molar-refractivity contribution in [2.75, 3.05) is 18.2 Å². The second-order valence-corrected chi connectivity index (χ2v) is 5.18. The number of hydrogen-bond acceptors (Lipinski definition) is 4. The van der Waals surface area contributed by atoms with Crippen LogP contribution in [0.3, 0.4) is 0 Å². The molecule has 0 aliphatic rings. The van der Waals surface area contributed by atoms with Gasteiger partial charge in [-0.3, -0.25) is 0 Å². The van der Waals surface area contributed by atoms with Gasteiger partial charge in [-0.1, -0.05) is 6.07 Å². The molecule has 0 aliphatic carbocycles. The van der Waals surface area contributed by atoms with Gasteiger partial charge in [0.2, 0.25) is 0 Å². The molecule has 2 rings (SSSR count). The van der Waals surface area contributed by atoms with Gasteiger partial charge in [-0.2, -0.15) is 5.26 Å². The fraction of sp³-hybridized carbons (Fsp3) is 0.267. The predicted molar refractivity (Wildman–Crippen MR) is 78.5 cm³/mol. The van der Waals surface area contributed by atoms with E-state index in [0.717, 1.165) is 27.7 Å². The molecule has 1 heterocycles. The summed E-state index contributed by atoms with van der Waals surface area (Å²) in [4.78, 5) is 3.04. The third-order valence-corrected chi connectivity index (χ3v) is 3.72. The minimum Gasteiger partial charge on any atom is -0.464 e. The maximum absolute atomic E-state index is 9.34. The van der Waals surface area contributed by atoms with Crippen molar-refractivity contribution < 1.29 is 4.42 Å². The molecular weight excluding hydrogens is 256 g/mol. The van der Waals surface area contributed by atoms with E-state index >= 15 is 0 Å². The van der Waals surface area contributed by atoms with Crippen LogP contribution in [0.2, 0.25) is 0 Å². The van der Waals surface area contributed by atoms with Gasteiger partial charge in [-0.25, -0.2) is 0 Å². The van der Waals surface area contributed by atoms with Gasteiger partial charge in [0.15, 0.2) is 0 Å². The fourth-order valence-electron chi connectivity index (χ4n) is 2.01. The molecule has 4 heteroatoms. The summed E-state index contributed by atoms with van der Waals surface area (Å²) in [5.74, 6) is 1.81. The summed E-state index contributed by atoms with van der Waals surface area (Å²) >= 11 is 1.59. The molecule has 0 N–H and O–H groups in total. The standard InChI is InChI=1S/C15H16N2OS/c1-11-7-8-12(18-11)10-17(2)14-5-4-6-15(19-3)13(14)9-16/h4-8H,10H2,1-3H3. The normalized spacial score (nSPS) is 10.2. The maximum Gasteiger partial charge on any atom is 0.123 e. The number of furan rings is 1. The van der Waals surface area contributed by atoms with Crippen LogP contribution in [0.5, 0.6) is 0 Å². The molecule has 98 valence electrons. The quantitative estimate of drug-likeness (QED) is 0.793. The smallest absolute Gasteiger partial charge is 0.123 e. The SMILES string of the molecule is CSc1cccc(N(C)Cc2ccc(C)o2)c1C#N. The van der Waals surface area contributed by atoms with Crippen molar-refractivity contribution >= 4 is 17.4 Å². The van der Waals surface area contributed by atoms with Crippen molar-refractivity contribution in [3.05, 3.63) is 47.4 Å². The molecule has 0 atom stereocenters. The van der Waals surface area contributed by atoms with E-state index in [1.165, 1.54) is 0 Å². The van der Waals surface area contributed by atoms with E-state index in [4.69, 9.17) is 4.42 Å². The molecule has 0 saturated carbocycles. The Hall–Kier alpha value is -1.86. The lowest BCUT2D eigenvalue weighted by molar-refractivity contribution is 0.482. The minimum atomic E-state index is 0.653. The van der Waals surface area contributed by atoms with Crippen molar-refractivity contribution in [2.45, 2.75) is 18.4 Å². The minimum absolute atomic E-state index is 0.653. The first-order valence-electron chi connectivity index (χ1n) is 5.99. The molecule has 0 spiro atoms. The largest absolute Gasteiger partial charge is 0.464 e. The van der Waals surface area contributed by atoms with Crippen LogP contribution >= 0.6 is 11.8 Å². The van der Waals surface area contributed by atoms with Crippen LogP contribution in [0.25, 0.3) is 0 Å². The molecule has 2 aromatic rings. The summed E-state index contributed by atoms with van der Waals surface area (Å²) in [6.07, 6.45) is 1.98. The van der Waals surface area contributed by atoms with E-state index in [-0.39, 0.29) is 0 Å². The third kappa shape index (κ3) is 2.94. The van der Waals surface area contributed by atoms with Crippen LogP contribution in [0.1, 0.15) is 17.1 Å². The fourth-order valence-corrected chi connectivity index (χ4v) is 2.58. The van der Waals surface area contributed by atoms with Crippen molar-refractivity contribution in [3.8, 4) is 6.07 Å². The van der Waals surface area contributed by atoms with Gasteiger partial charge in [0.1, 0.15) is 17.6 Å². The van der Waals surface area contributed by atoms with Crippen LogP contribution in [0.15, 0.2) is 39.6 Å². The van der Waals surface area contributed by atoms with Crippen LogP contribution in [0, 0.1) is 18.3 Å². The number of nitriles is 1. The van der Waals surface area contributed by atoms with Crippen molar-refractivity contribution in [3.63, 3.8) is 0 Å². The first kappa shape index (κ1) is 13.6. The van der Waals surface area contributed by atoms with E-state index in [9.17, 15) is 5.26 Å². The zero-order valence-corrected chi connectivity index (χ0v) is 12.1. The van der Waals surface area contributed by atoms with Crippen molar-refractivity contribution in [1.82, 2.24) is 0 Å². The Morgan fingerprint density at radius 3 is 2.68 bits per heavy atom. The molecule has 0 saturated heterocycles. The van der Waals surface area contributed by atoms with Gasteiger partial charge in [0.25, 0.3) is 0 Å². The van der Waals surface area contributed by atoms with Gasteiger partial charge in [-0.15, -0.1) is 11.8 Å². The molecular formula is C15H16N2OS. The number of benzene rings is 1. The van der Waals surface area contributed by atoms with Crippen LogP contribution in [0.4, 0.5) is 5.69 Å². The molecule has 0 aliphatic heterocycles. The van der Waals surface area contributed by atoms with Crippen LogP contribution in [-0.2, 0) is 6.54 Å². The number of nitrogens with zero attached hydrogens (tertiary/aromatic N) is 2. The van der Waals surface area contributed by atoms with Crippen molar-refractivity contribution in [1.29, 1.82) is 5.26 Å². The summed E-state index contributed by atoms with van der Waals surface area (Å²) < 4.78 is 5.58.